The fourth-order valence-electron chi connectivity index (χ4n) is 2.30. The van der Waals surface area contributed by atoms with Gasteiger partial charge in [-0.25, -0.2) is 4.39 Å². The number of amides is 1. The number of halogens is 2. The summed E-state index contributed by atoms with van der Waals surface area (Å²) in [5.74, 6) is -0.198. The van der Waals surface area contributed by atoms with Crippen molar-refractivity contribution < 1.29 is 18.7 Å². The Balaban J connectivity index is 2.27. The highest BCUT2D eigenvalue weighted by molar-refractivity contribution is 9.10. The molecule has 1 N–H and O–H groups in total. The maximum atomic E-state index is 13.9. The van der Waals surface area contributed by atoms with E-state index in [0.717, 1.165) is 6.42 Å². The summed E-state index contributed by atoms with van der Waals surface area (Å²) in [5, 5.41) is 11.8. The van der Waals surface area contributed by atoms with Gasteiger partial charge < -0.3 is 14.8 Å². The lowest BCUT2D eigenvalue weighted by Gasteiger charge is -2.16. The van der Waals surface area contributed by atoms with Gasteiger partial charge in [0.2, 0.25) is 0 Å². The van der Waals surface area contributed by atoms with Gasteiger partial charge in [0.15, 0.2) is 11.5 Å². The van der Waals surface area contributed by atoms with Gasteiger partial charge in [-0.15, -0.1) is 0 Å². The van der Waals surface area contributed by atoms with Crippen LogP contribution in [-0.4, -0.2) is 19.6 Å². The quantitative estimate of drug-likeness (QED) is 0.721. The van der Waals surface area contributed by atoms with Gasteiger partial charge in [0.1, 0.15) is 11.9 Å². The van der Waals surface area contributed by atoms with Crippen molar-refractivity contribution in [2.75, 3.05) is 13.7 Å². The second kappa shape index (κ2) is 9.20. The van der Waals surface area contributed by atoms with Crippen molar-refractivity contribution in [2.24, 2.45) is 0 Å². The topological polar surface area (TPSA) is 71.3 Å². The van der Waals surface area contributed by atoms with Crippen LogP contribution in [0.2, 0.25) is 0 Å². The van der Waals surface area contributed by atoms with Crippen LogP contribution in [0.4, 0.5) is 4.39 Å². The zero-order chi connectivity index (χ0) is 19.1. The summed E-state index contributed by atoms with van der Waals surface area (Å²) in [6.07, 6.45) is 0.824. The van der Waals surface area contributed by atoms with Crippen LogP contribution in [0.3, 0.4) is 0 Å². The summed E-state index contributed by atoms with van der Waals surface area (Å²) < 4.78 is 25.4. The highest BCUT2D eigenvalue weighted by atomic mass is 79.9. The Morgan fingerprint density at radius 1 is 1.38 bits per heavy atom. The van der Waals surface area contributed by atoms with E-state index in [1.165, 1.54) is 31.4 Å². The molecule has 26 heavy (non-hydrogen) atoms. The monoisotopic (exact) mass is 420 g/mol. The van der Waals surface area contributed by atoms with Crippen molar-refractivity contribution in [3.05, 3.63) is 57.8 Å². The zero-order valence-corrected chi connectivity index (χ0v) is 16.0. The number of nitriles is 1. The summed E-state index contributed by atoms with van der Waals surface area (Å²) in [7, 11) is 1.47. The molecule has 0 saturated heterocycles. The number of benzene rings is 2. The lowest BCUT2D eigenvalue weighted by atomic mass is 10.1. The summed E-state index contributed by atoms with van der Waals surface area (Å²) >= 11 is 3.37. The van der Waals surface area contributed by atoms with Crippen LogP contribution in [0, 0.1) is 17.1 Å². The number of carbonyl (C=O) groups is 1. The molecular formula is C19H18BrFN2O3. The third-order valence-corrected chi connectivity index (χ3v) is 4.15. The molecular weight excluding hydrogens is 403 g/mol. The number of ether oxygens (including phenoxy) is 2. The van der Waals surface area contributed by atoms with Gasteiger partial charge >= 0.3 is 0 Å². The van der Waals surface area contributed by atoms with Crippen molar-refractivity contribution in [1.82, 2.24) is 5.32 Å². The third-order valence-electron chi connectivity index (χ3n) is 3.56. The van der Waals surface area contributed by atoms with E-state index in [-0.39, 0.29) is 11.1 Å². The second-order valence-electron chi connectivity index (χ2n) is 5.40. The molecule has 0 heterocycles. The molecule has 0 radical (unpaired) electrons. The van der Waals surface area contributed by atoms with E-state index in [2.05, 4.69) is 21.2 Å². The Morgan fingerprint density at radius 3 is 2.73 bits per heavy atom. The minimum Gasteiger partial charge on any atom is -0.493 e. The van der Waals surface area contributed by atoms with Crippen LogP contribution in [0.15, 0.2) is 40.9 Å². The fourth-order valence-corrected chi connectivity index (χ4v) is 2.85. The number of rotatable bonds is 7. The van der Waals surface area contributed by atoms with E-state index < -0.39 is 17.8 Å². The SMILES string of the molecule is CCCOc1c(Br)cc(C(=O)NC(C#N)c2ccccc2F)cc1OC. The minimum atomic E-state index is -1.11. The molecule has 136 valence electrons. The molecule has 5 nitrogen and oxygen atoms in total. The van der Waals surface area contributed by atoms with Crippen LogP contribution in [0.5, 0.6) is 11.5 Å². The largest absolute Gasteiger partial charge is 0.493 e. The molecule has 0 aromatic heterocycles. The van der Waals surface area contributed by atoms with E-state index in [9.17, 15) is 14.4 Å². The van der Waals surface area contributed by atoms with E-state index in [0.29, 0.717) is 22.6 Å². The smallest absolute Gasteiger partial charge is 0.252 e. The molecule has 0 spiro atoms. The van der Waals surface area contributed by atoms with E-state index in [1.807, 2.05) is 13.0 Å². The van der Waals surface area contributed by atoms with Crippen LogP contribution < -0.4 is 14.8 Å². The summed E-state index contributed by atoms with van der Waals surface area (Å²) in [6.45, 7) is 2.48. The molecule has 1 unspecified atom stereocenters. The third kappa shape index (κ3) is 4.52. The number of carbonyl (C=O) groups excluding carboxylic acids is 1. The molecule has 1 amide bonds. The first-order chi connectivity index (χ1) is 12.5. The van der Waals surface area contributed by atoms with E-state index in [1.54, 1.807) is 12.1 Å². The van der Waals surface area contributed by atoms with Crippen molar-refractivity contribution in [3.8, 4) is 17.6 Å². The Kier molecular flexibility index (Phi) is 6.98. The van der Waals surface area contributed by atoms with E-state index in [4.69, 9.17) is 9.47 Å². The van der Waals surface area contributed by atoms with Crippen molar-refractivity contribution in [1.29, 1.82) is 5.26 Å². The van der Waals surface area contributed by atoms with Gasteiger partial charge in [-0.1, -0.05) is 25.1 Å². The predicted molar refractivity (Wildman–Crippen MR) is 98.7 cm³/mol. The van der Waals surface area contributed by atoms with E-state index >= 15 is 0 Å². The molecule has 0 aliphatic carbocycles. The molecule has 0 aliphatic rings. The number of hydrogen-bond acceptors (Lipinski definition) is 4. The highest BCUT2D eigenvalue weighted by Gasteiger charge is 2.20. The van der Waals surface area contributed by atoms with Gasteiger partial charge in [0, 0.05) is 11.1 Å². The first-order valence-electron chi connectivity index (χ1n) is 7.97. The second-order valence-corrected chi connectivity index (χ2v) is 6.25. The number of hydrogen-bond donors (Lipinski definition) is 1. The van der Waals surface area contributed by atoms with Gasteiger partial charge in [-0.3, -0.25) is 4.79 Å². The Morgan fingerprint density at radius 2 is 2.12 bits per heavy atom. The molecule has 1 atom stereocenters. The van der Waals surface area contributed by atoms with Gasteiger partial charge in [0.05, 0.1) is 24.3 Å². The standard InChI is InChI=1S/C19H18BrFN2O3/c1-3-8-26-18-14(20)9-12(10-17(18)25-2)19(24)23-16(11-22)13-6-4-5-7-15(13)21/h4-7,9-10,16H,3,8H2,1-2H3,(H,23,24). The summed E-state index contributed by atoms with van der Waals surface area (Å²) in [5.41, 5.74) is 0.367. The Labute approximate surface area is 159 Å². The zero-order valence-electron chi connectivity index (χ0n) is 14.4. The molecule has 0 saturated carbocycles. The van der Waals surface area contributed by atoms with Gasteiger partial charge in [-0.2, -0.15) is 5.26 Å². The molecule has 0 fully saturated rings. The van der Waals surface area contributed by atoms with Crippen LogP contribution in [0.25, 0.3) is 0 Å². The average Bonchev–Trinajstić information content (AvgIpc) is 2.65. The maximum absolute atomic E-state index is 13.9. The molecule has 2 aromatic carbocycles. The average molecular weight is 421 g/mol. The Hall–Kier alpha value is -2.59. The molecule has 0 bridgehead atoms. The lowest BCUT2D eigenvalue weighted by molar-refractivity contribution is 0.0944. The summed E-state index contributed by atoms with van der Waals surface area (Å²) in [6, 6.07) is 9.71. The first-order valence-corrected chi connectivity index (χ1v) is 8.76. The fraction of sp³-hybridized carbons (Fsp3) is 0.263. The van der Waals surface area contributed by atoms with Crippen molar-refractivity contribution >= 4 is 21.8 Å². The van der Waals surface area contributed by atoms with Crippen LogP contribution >= 0.6 is 15.9 Å². The maximum Gasteiger partial charge on any atom is 0.252 e. The first kappa shape index (κ1) is 19.7. The molecule has 2 aromatic rings. The molecule has 2 rings (SSSR count). The van der Waals surface area contributed by atoms with Crippen LogP contribution in [0.1, 0.15) is 35.3 Å². The number of nitrogens with zero attached hydrogens (tertiary/aromatic N) is 1. The number of nitrogens with one attached hydrogen (secondary N) is 1. The molecule has 7 heteroatoms. The molecule has 0 aliphatic heterocycles. The van der Waals surface area contributed by atoms with Gasteiger partial charge in [0.25, 0.3) is 5.91 Å². The lowest BCUT2D eigenvalue weighted by Crippen LogP contribution is -2.28. The van der Waals surface area contributed by atoms with Crippen molar-refractivity contribution in [2.45, 2.75) is 19.4 Å². The normalized spacial score (nSPS) is 11.3. The Bertz CT molecular complexity index is 836. The minimum absolute atomic E-state index is 0.109. The number of methoxy groups -OCH3 is 1. The van der Waals surface area contributed by atoms with Crippen molar-refractivity contribution in [3.63, 3.8) is 0 Å². The predicted octanol–water partition coefficient (Wildman–Crippen LogP) is 4.38. The summed E-state index contributed by atoms with van der Waals surface area (Å²) in [4.78, 5) is 12.5. The van der Waals surface area contributed by atoms with Crippen LogP contribution in [-0.2, 0) is 0 Å². The van der Waals surface area contributed by atoms with Gasteiger partial charge in [-0.05, 0) is 40.5 Å². The highest BCUT2D eigenvalue weighted by Crippen LogP contribution is 2.37.